The molecular weight excluding hydrogens is 180 g/mol. The SMILES string of the molecule is CCCCOc1ccccc1C=S. The molecule has 0 aliphatic heterocycles. The average Bonchev–Trinajstić information content (AvgIpc) is 2.19. The maximum absolute atomic E-state index is 5.57. The Kier molecular flexibility index (Phi) is 4.47. The van der Waals surface area contributed by atoms with E-state index in [0.717, 1.165) is 30.8 Å². The number of benzene rings is 1. The maximum Gasteiger partial charge on any atom is 0.127 e. The van der Waals surface area contributed by atoms with Gasteiger partial charge in [-0.25, -0.2) is 0 Å². The summed E-state index contributed by atoms with van der Waals surface area (Å²) in [5, 5.41) is 1.65. The fraction of sp³-hybridized carbons (Fsp3) is 0.364. The summed E-state index contributed by atoms with van der Waals surface area (Å²) < 4.78 is 5.57. The molecule has 2 heteroatoms. The zero-order valence-electron chi connectivity index (χ0n) is 7.82. The van der Waals surface area contributed by atoms with Crippen LogP contribution >= 0.6 is 12.2 Å². The Balaban J connectivity index is 2.59. The molecular formula is C11H14OS. The van der Waals surface area contributed by atoms with Gasteiger partial charge >= 0.3 is 0 Å². The molecule has 0 atom stereocenters. The molecule has 0 heterocycles. The highest BCUT2D eigenvalue weighted by atomic mass is 32.1. The van der Waals surface area contributed by atoms with Crippen LogP contribution in [0.5, 0.6) is 5.75 Å². The van der Waals surface area contributed by atoms with Crippen molar-refractivity contribution in [2.24, 2.45) is 0 Å². The van der Waals surface area contributed by atoms with E-state index in [4.69, 9.17) is 17.0 Å². The smallest absolute Gasteiger partial charge is 0.127 e. The molecule has 0 aromatic heterocycles. The van der Waals surface area contributed by atoms with Gasteiger partial charge in [-0.1, -0.05) is 43.8 Å². The van der Waals surface area contributed by atoms with E-state index in [-0.39, 0.29) is 0 Å². The Morgan fingerprint density at radius 1 is 1.38 bits per heavy atom. The lowest BCUT2D eigenvalue weighted by molar-refractivity contribution is 0.309. The fourth-order valence-electron chi connectivity index (χ4n) is 1.04. The Hall–Kier alpha value is -0.890. The summed E-state index contributed by atoms with van der Waals surface area (Å²) in [6.45, 7) is 2.92. The number of rotatable bonds is 5. The Morgan fingerprint density at radius 3 is 2.85 bits per heavy atom. The van der Waals surface area contributed by atoms with Crippen LogP contribution in [0.3, 0.4) is 0 Å². The van der Waals surface area contributed by atoms with Crippen LogP contribution in [0.2, 0.25) is 0 Å². The minimum Gasteiger partial charge on any atom is -0.493 e. The summed E-state index contributed by atoms with van der Waals surface area (Å²) in [6.07, 6.45) is 2.24. The number of ether oxygens (including phenoxy) is 1. The van der Waals surface area contributed by atoms with Gasteiger partial charge in [-0.2, -0.15) is 0 Å². The van der Waals surface area contributed by atoms with E-state index in [2.05, 4.69) is 6.92 Å². The first-order valence-electron chi connectivity index (χ1n) is 4.55. The number of hydrogen-bond donors (Lipinski definition) is 0. The van der Waals surface area contributed by atoms with E-state index in [0.29, 0.717) is 0 Å². The molecule has 70 valence electrons. The third-order valence-electron chi connectivity index (χ3n) is 1.80. The van der Waals surface area contributed by atoms with E-state index in [9.17, 15) is 0 Å². The summed E-state index contributed by atoms with van der Waals surface area (Å²) in [5.41, 5.74) is 0.994. The van der Waals surface area contributed by atoms with E-state index < -0.39 is 0 Å². The second kappa shape index (κ2) is 5.70. The monoisotopic (exact) mass is 194 g/mol. The van der Waals surface area contributed by atoms with Crippen molar-refractivity contribution >= 4 is 17.6 Å². The zero-order valence-corrected chi connectivity index (χ0v) is 8.64. The van der Waals surface area contributed by atoms with Crippen molar-refractivity contribution in [3.8, 4) is 5.75 Å². The van der Waals surface area contributed by atoms with Crippen LogP contribution in [0, 0.1) is 0 Å². The van der Waals surface area contributed by atoms with Crippen molar-refractivity contribution < 1.29 is 4.74 Å². The van der Waals surface area contributed by atoms with Crippen LogP contribution < -0.4 is 4.74 Å². The van der Waals surface area contributed by atoms with Gasteiger partial charge in [0.15, 0.2) is 0 Å². The minimum absolute atomic E-state index is 0.774. The van der Waals surface area contributed by atoms with Gasteiger partial charge in [0.25, 0.3) is 0 Å². The highest BCUT2D eigenvalue weighted by Crippen LogP contribution is 2.16. The molecule has 0 amide bonds. The lowest BCUT2D eigenvalue weighted by Gasteiger charge is -2.07. The van der Waals surface area contributed by atoms with Gasteiger partial charge in [0, 0.05) is 10.9 Å². The lowest BCUT2D eigenvalue weighted by Crippen LogP contribution is -1.98. The average molecular weight is 194 g/mol. The van der Waals surface area contributed by atoms with Crippen LogP contribution in [-0.2, 0) is 0 Å². The molecule has 0 saturated heterocycles. The lowest BCUT2D eigenvalue weighted by atomic mass is 10.2. The maximum atomic E-state index is 5.57. The van der Waals surface area contributed by atoms with E-state index in [1.807, 2.05) is 24.3 Å². The minimum atomic E-state index is 0.774. The molecule has 0 N–H and O–H groups in total. The summed E-state index contributed by atoms with van der Waals surface area (Å²) >= 11 is 4.88. The molecule has 1 aromatic rings. The molecule has 0 unspecified atom stereocenters. The van der Waals surface area contributed by atoms with Crippen LogP contribution in [0.25, 0.3) is 0 Å². The first kappa shape index (κ1) is 10.2. The third kappa shape index (κ3) is 3.15. The van der Waals surface area contributed by atoms with Gasteiger partial charge in [-0.05, 0) is 12.5 Å². The molecule has 0 saturated carbocycles. The Labute approximate surface area is 84.7 Å². The first-order valence-corrected chi connectivity index (χ1v) is 5.02. The number of thiocarbonyl (C=S) groups is 1. The van der Waals surface area contributed by atoms with Gasteiger partial charge in [0.05, 0.1) is 6.61 Å². The molecule has 0 radical (unpaired) electrons. The van der Waals surface area contributed by atoms with Crippen molar-refractivity contribution in [3.63, 3.8) is 0 Å². The summed E-state index contributed by atoms with van der Waals surface area (Å²) in [7, 11) is 0. The number of para-hydroxylation sites is 1. The van der Waals surface area contributed by atoms with Gasteiger partial charge in [0.1, 0.15) is 5.75 Å². The molecule has 1 rings (SSSR count). The Bertz CT molecular complexity index is 271. The second-order valence-electron chi connectivity index (χ2n) is 2.86. The highest BCUT2D eigenvalue weighted by molar-refractivity contribution is 7.79. The molecule has 0 aliphatic carbocycles. The summed E-state index contributed by atoms with van der Waals surface area (Å²) in [5.74, 6) is 0.894. The van der Waals surface area contributed by atoms with Crippen molar-refractivity contribution in [1.29, 1.82) is 0 Å². The fourth-order valence-corrected chi connectivity index (χ4v) is 1.23. The second-order valence-corrected chi connectivity index (χ2v) is 3.09. The largest absolute Gasteiger partial charge is 0.493 e. The van der Waals surface area contributed by atoms with Crippen LogP contribution in [0.4, 0.5) is 0 Å². The van der Waals surface area contributed by atoms with Crippen LogP contribution in [0.15, 0.2) is 24.3 Å². The summed E-state index contributed by atoms with van der Waals surface area (Å²) in [6, 6.07) is 7.84. The van der Waals surface area contributed by atoms with E-state index >= 15 is 0 Å². The molecule has 13 heavy (non-hydrogen) atoms. The Morgan fingerprint density at radius 2 is 2.15 bits per heavy atom. The zero-order chi connectivity index (χ0) is 9.52. The van der Waals surface area contributed by atoms with Crippen molar-refractivity contribution in [2.75, 3.05) is 6.61 Å². The molecule has 0 bridgehead atoms. The van der Waals surface area contributed by atoms with Gasteiger partial charge in [-0.3, -0.25) is 0 Å². The standard InChI is InChI=1S/C11H14OS/c1-2-3-8-12-11-7-5-4-6-10(11)9-13/h4-7,9H,2-3,8H2,1H3. The van der Waals surface area contributed by atoms with Crippen molar-refractivity contribution in [1.82, 2.24) is 0 Å². The van der Waals surface area contributed by atoms with Gasteiger partial charge < -0.3 is 4.74 Å². The molecule has 0 spiro atoms. The third-order valence-corrected chi connectivity index (χ3v) is 2.06. The summed E-state index contributed by atoms with van der Waals surface area (Å²) in [4.78, 5) is 0. The first-order chi connectivity index (χ1) is 6.38. The van der Waals surface area contributed by atoms with Crippen LogP contribution in [-0.4, -0.2) is 12.0 Å². The van der Waals surface area contributed by atoms with Crippen molar-refractivity contribution in [2.45, 2.75) is 19.8 Å². The number of hydrogen-bond acceptors (Lipinski definition) is 2. The molecule has 0 aliphatic rings. The van der Waals surface area contributed by atoms with Gasteiger partial charge in [0.2, 0.25) is 0 Å². The highest BCUT2D eigenvalue weighted by Gasteiger charge is 1.97. The van der Waals surface area contributed by atoms with E-state index in [1.165, 1.54) is 0 Å². The topological polar surface area (TPSA) is 9.23 Å². The van der Waals surface area contributed by atoms with Crippen molar-refractivity contribution in [3.05, 3.63) is 29.8 Å². The predicted molar refractivity (Wildman–Crippen MR) is 59.6 cm³/mol. The molecule has 1 aromatic carbocycles. The normalized spacial score (nSPS) is 9.62. The predicted octanol–water partition coefficient (Wildman–Crippen LogP) is 3.21. The quantitative estimate of drug-likeness (QED) is 0.526. The number of unbranched alkanes of at least 4 members (excludes halogenated alkanes) is 1. The van der Waals surface area contributed by atoms with Crippen LogP contribution in [0.1, 0.15) is 25.3 Å². The van der Waals surface area contributed by atoms with Gasteiger partial charge in [-0.15, -0.1) is 0 Å². The molecule has 1 nitrogen and oxygen atoms in total. The van der Waals surface area contributed by atoms with E-state index in [1.54, 1.807) is 5.37 Å². The molecule has 0 fully saturated rings.